The van der Waals surface area contributed by atoms with Gasteiger partial charge in [-0.05, 0) is 31.9 Å². The summed E-state index contributed by atoms with van der Waals surface area (Å²) in [5.41, 5.74) is 0. The van der Waals surface area contributed by atoms with E-state index in [2.05, 4.69) is 5.32 Å². The summed E-state index contributed by atoms with van der Waals surface area (Å²) in [5.74, 6) is 0.165. The molecule has 2 N–H and O–H groups in total. The lowest BCUT2D eigenvalue weighted by Crippen LogP contribution is -2.27. The molecule has 1 aromatic rings. The molecule has 4 nitrogen and oxygen atoms in total. The van der Waals surface area contributed by atoms with E-state index in [-0.39, 0.29) is 18.2 Å². The van der Waals surface area contributed by atoms with Gasteiger partial charge in [0, 0.05) is 24.3 Å². The Kier molecular flexibility index (Phi) is 8.57. The van der Waals surface area contributed by atoms with Crippen molar-refractivity contribution >= 4 is 34.6 Å². The highest BCUT2D eigenvalue weighted by Gasteiger charge is 2.11. The van der Waals surface area contributed by atoms with Gasteiger partial charge in [0.05, 0.1) is 4.34 Å². The van der Waals surface area contributed by atoms with Gasteiger partial charge in [0.1, 0.15) is 11.9 Å². The van der Waals surface area contributed by atoms with E-state index in [4.69, 9.17) is 11.6 Å². The standard InChI is InChI=1S/C15H22ClNO3S/c1-11(18)6-4-2-3-5-7-15(20)17-10-12(19)13-8-9-14(16)21-13/h8-9,12,19H,2-7,10H2,1H3,(H,17,20)/t12-/m1/s1. The summed E-state index contributed by atoms with van der Waals surface area (Å²) in [6.45, 7) is 1.81. The topological polar surface area (TPSA) is 66.4 Å². The van der Waals surface area contributed by atoms with Crippen molar-refractivity contribution in [3.05, 3.63) is 21.3 Å². The monoisotopic (exact) mass is 331 g/mol. The van der Waals surface area contributed by atoms with Crippen molar-refractivity contribution in [2.24, 2.45) is 0 Å². The van der Waals surface area contributed by atoms with E-state index < -0.39 is 6.10 Å². The Labute approximate surface area is 134 Å². The molecular weight excluding hydrogens is 310 g/mol. The maximum absolute atomic E-state index is 11.6. The molecule has 0 aliphatic heterocycles. The minimum absolute atomic E-state index is 0.0525. The van der Waals surface area contributed by atoms with Gasteiger partial charge in [-0.2, -0.15) is 0 Å². The normalized spacial score (nSPS) is 12.1. The molecule has 6 heteroatoms. The number of carbonyl (C=O) groups is 2. The summed E-state index contributed by atoms with van der Waals surface area (Å²) in [6.07, 6.45) is 4.01. The van der Waals surface area contributed by atoms with Crippen LogP contribution in [0.15, 0.2) is 12.1 Å². The molecule has 0 aromatic carbocycles. The molecule has 0 aliphatic carbocycles. The zero-order valence-corrected chi connectivity index (χ0v) is 13.8. The van der Waals surface area contributed by atoms with Gasteiger partial charge in [0.2, 0.25) is 5.91 Å². The Balaban J connectivity index is 2.07. The fraction of sp³-hybridized carbons (Fsp3) is 0.600. The van der Waals surface area contributed by atoms with Gasteiger partial charge in [-0.1, -0.05) is 24.4 Å². The van der Waals surface area contributed by atoms with Crippen molar-refractivity contribution in [1.82, 2.24) is 5.32 Å². The van der Waals surface area contributed by atoms with Crippen molar-refractivity contribution in [3.63, 3.8) is 0 Å². The minimum atomic E-state index is -0.706. The first-order valence-corrected chi connectivity index (χ1v) is 8.38. The maximum Gasteiger partial charge on any atom is 0.220 e. The Morgan fingerprint density at radius 3 is 2.48 bits per heavy atom. The first kappa shape index (κ1) is 18.1. The smallest absolute Gasteiger partial charge is 0.220 e. The second-order valence-corrected chi connectivity index (χ2v) is 6.82. The molecule has 0 radical (unpaired) electrons. The summed E-state index contributed by atoms with van der Waals surface area (Å²) in [5, 5.41) is 12.6. The number of carbonyl (C=O) groups excluding carboxylic acids is 2. The predicted molar refractivity (Wildman–Crippen MR) is 85.7 cm³/mol. The first-order valence-electron chi connectivity index (χ1n) is 7.18. The first-order chi connectivity index (χ1) is 9.99. The van der Waals surface area contributed by atoms with E-state index >= 15 is 0 Å². The highest BCUT2D eigenvalue weighted by Crippen LogP contribution is 2.26. The molecule has 1 rings (SSSR count). The molecule has 1 atom stereocenters. The molecular formula is C15H22ClNO3S. The number of nitrogens with one attached hydrogen (secondary N) is 1. The van der Waals surface area contributed by atoms with Crippen LogP contribution in [-0.2, 0) is 9.59 Å². The molecule has 0 unspecified atom stereocenters. The van der Waals surface area contributed by atoms with Crippen molar-refractivity contribution in [2.45, 2.75) is 51.6 Å². The number of thiophene rings is 1. The van der Waals surface area contributed by atoms with Gasteiger partial charge in [-0.3, -0.25) is 4.79 Å². The largest absolute Gasteiger partial charge is 0.386 e. The van der Waals surface area contributed by atoms with Crippen LogP contribution in [0, 0.1) is 0 Å². The van der Waals surface area contributed by atoms with Gasteiger partial charge >= 0.3 is 0 Å². The molecule has 0 saturated carbocycles. The van der Waals surface area contributed by atoms with Gasteiger partial charge in [0.25, 0.3) is 0 Å². The van der Waals surface area contributed by atoms with Crippen LogP contribution < -0.4 is 5.32 Å². The van der Waals surface area contributed by atoms with Gasteiger partial charge in [-0.15, -0.1) is 11.3 Å². The van der Waals surface area contributed by atoms with E-state index in [1.807, 2.05) is 0 Å². The summed E-state index contributed by atoms with van der Waals surface area (Å²) < 4.78 is 0.626. The summed E-state index contributed by atoms with van der Waals surface area (Å²) in [4.78, 5) is 23.1. The second kappa shape index (κ2) is 9.92. The summed E-state index contributed by atoms with van der Waals surface area (Å²) in [7, 11) is 0. The number of unbranched alkanes of at least 4 members (excludes halogenated alkanes) is 3. The van der Waals surface area contributed by atoms with E-state index in [0.717, 1.165) is 30.6 Å². The number of hydrogen-bond donors (Lipinski definition) is 2. The number of ketones is 1. The van der Waals surface area contributed by atoms with E-state index in [9.17, 15) is 14.7 Å². The zero-order valence-electron chi connectivity index (χ0n) is 12.2. The molecule has 0 spiro atoms. The van der Waals surface area contributed by atoms with Crippen LogP contribution in [0.4, 0.5) is 0 Å². The van der Waals surface area contributed by atoms with Crippen LogP contribution in [0.5, 0.6) is 0 Å². The molecule has 1 heterocycles. The van der Waals surface area contributed by atoms with Crippen LogP contribution >= 0.6 is 22.9 Å². The molecule has 21 heavy (non-hydrogen) atoms. The Morgan fingerprint density at radius 1 is 1.24 bits per heavy atom. The van der Waals surface area contributed by atoms with Crippen LogP contribution in [0.25, 0.3) is 0 Å². The molecule has 118 valence electrons. The molecule has 1 amide bonds. The third-order valence-corrected chi connectivity index (χ3v) is 4.43. The third-order valence-electron chi connectivity index (χ3n) is 3.10. The van der Waals surface area contributed by atoms with Crippen LogP contribution in [0.3, 0.4) is 0 Å². The van der Waals surface area contributed by atoms with Gasteiger partial charge in [-0.25, -0.2) is 0 Å². The van der Waals surface area contributed by atoms with Crippen molar-refractivity contribution in [3.8, 4) is 0 Å². The number of rotatable bonds is 10. The predicted octanol–water partition coefficient (Wildman–Crippen LogP) is 3.48. The number of Topliss-reactive ketones (excluding diaryl/α,β-unsaturated/α-hetero) is 1. The van der Waals surface area contributed by atoms with Crippen LogP contribution in [-0.4, -0.2) is 23.3 Å². The van der Waals surface area contributed by atoms with Crippen LogP contribution in [0.2, 0.25) is 4.34 Å². The average Bonchev–Trinajstić information content (AvgIpc) is 2.86. The molecule has 0 saturated heterocycles. The fourth-order valence-electron chi connectivity index (χ4n) is 1.92. The van der Waals surface area contributed by atoms with Crippen molar-refractivity contribution < 1.29 is 14.7 Å². The highest BCUT2D eigenvalue weighted by molar-refractivity contribution is 7.16. The third kappa shape index (κ3) is 8.19. The SMILES string of the molecule is CC(=O)CCCCCCC(=O)NC[C@@H](O)c1ccc(Cl)s1. The van der Waals surface area contributed by atoms with E-state index in [1.54, 1.807) is 19.1 Å². The van der Waals surface area contributed by atoms with Gasteiger partial charge < -0.3 is 15.2 Å². The van der Waals surface area contributed by atoms with Crippen LogP contribution in [0.1, 0.15) is 56.4 Å². The molecule has 0 bridgehead atoms. The molecule has 0 aliphatic rings. The molecule has 0 fully saturated rings. The number of amides is 1. The Bertz CT molecular complexity index is 462. The van der Waals surface area contributed by atoms with Gasteiger partial charge in [0.15, 0.2) is 0 Å². The average molecular weight is 332 g/mol. The maximum atomic E-state index is 11.6. The number of halogens is 1. The summed E-state index contributed by atoms with van der Waals surface area (Å²) >= 11 is 7.11. The van der Waals surface area contributed by atoms with E-state index in [1.165, 1.54) is 11.3 Å². The Morgan fingerprint density at radius 2 is 1.90 bits per heavy atom. The lowest BCUT2D eigenvalue weighted by Gasteiger charge is -2.10. The lowest BCUT2D eigenvalue weighted by atomic mass is 10.1. The van der Waals surface area contributed by atoms with Crippen molar-refractivity contribution in [1.29, 1.82) is 0 Å². The quantitative estimate of drug-likeness (QED) is 0.645. The second-order valence-electron chi connectivity index (χ2n) is 5.08. The molecule has 1 aromatic heterocycles. The number of aliphatic hydroxyl groups excluding tert-OH is 1. The highest BCUT2D eigenvalue weighted by atomic mass is 35.5. The lowest BCUT2D eigenvalue weighted by molar-refractivity contribution is -0.121. The fourth-order valence-corrected chi connectivity index (χ4v) is 2.97. The van der Waals surface area contributed by atoms with E-state index in [0.29, 0.717) is 17.2 Å². The zero-order chi connectivity index (χ0) is 15.7. The number of aliphatic hydroxyl groups is 1. The minimum Gasteiger partial charge on any atom is -0.386 e. The summed E-state index contributed by atoms with van der Waals surface area (Å²) in [6, 6.07) is 3.49. The Hall–Kier alpha value is -0.910. The van der Waals surface area contributed by atoms with Crippen molar-refractivity contribution in [2.75, 3.05) is 6.54 Å². The number of hydrogen-bond acceptors (Lipinski definition) is 4.